The summed E-state index contributed by atoms with van der Waals surface area (Å²) < 4.78 is 4.73. The highest BCUT2D eigenvalue weighted by Crippen LogP contribution is 2.17. The van der Waals surface area contributed by atoms with Crippen LogP contribution in [0.5, 0.6) is 0 Å². The van der Waals surface area contributed by atoms with E-state index < -0.39 is 11.9 Å². The number of aryl methyl sites for hydroxylation is 1. The predicted molar refractivity (Wildman–Crippen MR) is 95.9 cm³/mol. The fourth-order valence-corrected chi connectivity index (χ4v) is 2.14. The van der Waals surface area contributed by atoms with E-state index in [1.807, 2.05) is 13.8 Å². The molecule has 0 aliphatic rings. The molecule has 0 fully saturated rings. The number of carbonyl (C=O) groups excluding carboxylic acids is 2. The predicted octanol–water partition coefficient (Wildman–Crippen LogP) is 3.03. The first kappa shape index (κ1) is 18.4. The molecule has 1 unspecified atom stereocenters. The SMILES string of the molecule is CCC(C)Nc1nc(C)cc(C(=O)Nc2ccccc2C(=O)OC)n1. The Morgan fingerprint density at radius 2 is 1.96 bits per heavy atom. The Bertz CT molecular complexity index is 777. The lowest BCUT2D eigenvalue weighted by molar-refractivity contribution is 0.0602. The van der Waals surface area contributed by atoms with Gasteiger partial charge in [0.15, 0.2) is 0 Å². The molecule has 1 aromatic carbocycles. The number of carbonyl (C=O) groups is 2. The van der Waals surface area contributed by atoms with Gasteiger partial charge in [0.25, 0.3) is 5.91 Å². The Morgan fingerprint density at radius 3 is 2.64 bits per heavy atom. The van der Waals surface area contributed by atoms with Gasteiger partial charge in [0.1, 0.15) is 5.69 Å². The Morgan fingerprint density at radius 1 is 1.24 bits per heavy atom. The fourth-order valence-electron chi connectivity index (χ4n) is 2.14. The number of benzene rings is 1. The first-order valence-electron chi connectivity index (χ1n) is 8.05. The molecule has 1 heterocycles. The summed E-state index contributed by atoms with van der Waals surface area (Å²) in [5.41, 5.74) is 1.54. The van der Waals surface area contributed by atoms with Gasteiger partial charge in [-0.05, 0) is 38.5 Å². The van der Waals surface area contributed by atoms with Crippen molar-refractivity contribution in [1.29, 1.82) is 0 Å². The minimum atomic E-state index is -0.520. The van der Waals surface area contributed by atoms with Gasteiger partial charge in [0.05, 0.1) is 18.4 Å². The third-order valence-corrected chi connectivity index (χ3v) is 3.66. The number of aromatic nitrogens is 2. The van der Waals surface area contributed by atoms with Gasteiger partial charge < -0.3 is 15.4 Å². The van der Waals surface area contributed by atoms with Crippen LogP contribution >= 0.6 is 0 Å². The van der Waals surface area contributed by atoms with Crippen molar-refractivity contribution in [2.45, 2.75) is 33.2 Å². The molecule has 0 saturated heterocycles. The van der Waals surface area contributed by atoms with E-state index in [0.29, 0.717) is 17.3 Å². The number of methoxy groups -OCH3 is 1. The molecule has 0 aliphatic heterocycles. The molecular weight excluding hydrogens is 320 g/mol. The topological polar surface area (TPSA) is 93.2 Å². The monoisotopic (exact) mass is 342 g/mol. The molecule has 25 heavy (non-hydrogen) atoms. The maximum Gasteiger partial charge on any atom is 0.339 e. The van der Waals surface area contributed by atoms with Crippen molar-refractivity contribution in [2.75, 3.05) is 17.7 Å². The first-order valence-corrected chi connectivity index (χ1v) is 8.05. The third-order valence-electron chi connectivity index (χ3n) is 3.66. The van der Waals surface area contributed by atoms with E-state index >= 15 is 0 Å². The van der Waals surface area contributed by atoms with Crippen LogP contribution in [0.25, 0.3) is 0 Å². The third kappa shape index (κ3) is 4.76. The van der Waals surface area contributed by atoms with Crippen LogP contribution in [0.1, 0.15) is 46.8 Å². The number of nitrogens with zero attached hydrogens (tertiary/aromatic N) is 2. The Kier molecular flexibility index (Phi) is 6.05. The smallest absolute Gasteiger partial charge is 0.339 e. The van der Waals surface area contributed by atoms with Crippen molar-refractivity contribution >= 4 is 23.5 Å². The van der Waals surface area contributed by atoms with Crippen LogP contribution < -0.4 is 10.6 Å². The largest absolute Gasteiger partial charge is 0.465 e. The van der Waals surface area contributed by atoms with Crippen LogP contribution in [-0.4, -0.2) is 35.0 Å². The number of rotatable bonds is 6. The van der Waals surface area contributed by atoms with Gasteiger partial charge in [-0.2, -0.15) is 0 Å². The lowest BCUT2D eigenvalue weighted by Crippen LogP contribution is -2.20. The van der Waals surface area contributed by atoms with E-state index in [9.17, 15) is 9.59 Å². The molecule has 2 N–H and O–H groups in total. The van der Waals surface area contributed by atoms with E-state index in [2.05, 4.69) is 20.6 Å². The molecular formula is C18H22N4O3. The summed E-state index contributed by atoms with van der Waals surface area (Å²) in [6, 6.07) is 8.43. The molecule has 2 rings (SSSR count). The van der Waals surface area contributed by atoms with E-state index in [1.54, 1.807) is 37.3 Å². The second-order valence-corrected chi connectivity index (χ2v) is 5.66. The van der Waals surface area contributed by atoms with Crippen LogP contribution in [-0.2, 0) is 4.74 Å². The van der Waals surface area contributed by atoms with Gasteiger partial charge in [-0.25, -0.2) is 14.8 Å². The number of anilines is 2. The van der Waals surface area contributed by atoms with Gasteiger partial charge in [-0.1, -0.05) is 19.1 Å². The maximum atomic E-state index is 12.6. The lowest BCUT2D eigenvalue weighted by atomic mass is 10.1. The number of para-hydroxylation sites is 1. The van der Waals surface area contributed by atoms with Gasteiger partial charge in [0, 0.05) is 11.7 Å². The van der Waals surface area contributed by atoms with E-state index in [4.69, 9.17) is 4.74 Å². The van der Waals surface area contributed by atoms with E-state index in [-0.39, 0.29) is 17.3 Å². The molecule has 1 atom stereocenters. The molecule has 0 aliphatic carbocycles. The van der Waals surface area contributed by atoms with Gasteiger partial charge in [-0.15, -0.1) is 0 Å². The summed E-state index contributed by atoms with van der Waals surface area (Å²) in [5, 5.41) is 5.86. The number of hydrogen-bond acceptors (Lipinski definition) is 6. The Labute approximate surface area is 146 Å². The summed E-state index contributed by atoms with van der Waals surface area (Å²) >= 11 is 0. The Hall–Kier alpha value is -2.96. The second kappa shape index (κ2) is 8.23. The van der Waals surface area contributed by atoms with Crippen molar-refractivity contribution in [3.63, 3.8) is 0 Å². The number of ether oxygens (including phenoxy) is 1. The molecule has 0 spiro atoms. The molecule has 132 valence electrons. The van der Waals surface area contributed by atoms with Crippen molar-refractivity contribution < 1.29 is 14.3 Å². The van der Waals surface area contributed by atoms with Crippen molar-refractivity contribution in [3.8, 4) is 0 Å². The molecule has 0 bridgehead atoms. The van der Waals surface area contributed by atoms with Gasteiger partial charge in [-0.3, -0.25) is 4.79 Å². The zero-order valence-electron chi connectivity index (χ0n) is 14.8. The second-order valence-electron chi connectivity index (χ2n) is 5.66. The summed E-state index contributed by atoms with van der Waals surface area (Å²) in [6.45, 7) is 5.85. The highest BCUT2D eigenvalue weighted by Gasteiger charge is 2.16. The van der Waals surface area contributed by atoms with E-state index in [0.717, 1.165) is 6.42 Å². The zero-order chi connectivity index (χ0) is 18.4. The number of nitrogens with one attached hydrogen (secondary N) is 2. The van der Waals surface area contributed by atoms with Gasteiger partial charge in [0.2, 0.25) is 5.95 Å². The quantitative estimate of drug-likeness (QED) is 0.784. The molecule has 2 aromatic rings. The number of esters is 1. The molecule has 7 nitrogen and oxygen atoms in total. The van der Waals surface area contributed by atoms with Crippen LogP contribution in [0, 0.1) is 6.92 Å². The summed E-state index contributed by atoms with van der Waals surface area (Å²) in [7, 11) is 1.29. The van der Waals surface area contributed by atoms with Crippen LogP contribution in [0.15, 0.2) is 30.3 Å². The molecule has 1 aromatic heterocycles. The Balaban J connectivity index is 2.26. The molecule has 1 amide bonds. The van der Waals surface area contributed by atoms with Gasteiger partial charge >= 0.3 is 5.97 Å². The lowest BCUT2D eigenvalue weighted by Gasteiger charge is -2.13. The molecule has 0 radical (unpaired) electrons. The number of hydrogen-bond donors (Lipinski definition) is 2. The zero-order valence-corrected chi connectivity index (χ0v) is 14.8. The first-order chi connectivity index (χ1) is 11.9. The van der Waals surface area contributed by atoms with Crippen molar-refractivity contribution in [2.24, 2.45) is 0 Å². The number of amides is 1. The van der Waals surface area contributed by atoms with Crippen LogP contribution in [0.2, 0.25) is 0 Å². The van der Waals surface area contributed by atoms with Crippen molar-refractivity contribution in [1.82, 2.24) is 9.97 Å². The van der Waals surface area contributed by atoms with Crippen molar-refractivity contribution in [3.05, 3.63) is 47.3 Å². The maximum absolute atomic E-state index is 12.6. The van der Waals surface area contributed by atoms with Crippen LogP contribution in [0.3, 0.4) is 0 Å². The minimum Gasteiger partial charge on any atom is -0.465 e. The van der Waals surface area contributed by atoms with Crippen LogP contribution in [0.4, 0.5) is 11.6 Å². The normalized spacial score (nSPS) is 11.5. The highest BCUT2D eigenvalue weighted by atomic mass is 16.5. The molecule has 0 saturated carbocycles. The fraction of sp³-hybridized carbons (Fsp3) is 0.333. The highest BCUT2D eigenvalue weighted by molar-refractivity contribution is 6.07. The average molecular weight is 342 g/mol. The summed E-state index contributed by atoms with van der Waals surface area (Å²) in [6.07, 6.45) is 0.908. The van der Waals surface area contributed by atoms with E-state index in [1.165, 1.54) is 7.11 Å². The molecule has 7 heteroatoms. The average Bonchev–Trinajstić information content (AvgIpc) is 2.60. The minimum absolute atomic E-state index is 0.192. The summed E-state index contributed by atoms with van der Waals surface area (Å²) in [4.78, 5) is 32.9. The summed E-state index contributed by atoms with van der Waals surface area (Å²) in [5.74, 6) is -0.538. The standard InChI is InChI=1S/C18H22N4O3/c1-5-11(2)19-18-20-12(3)10-15(22-18)16(23)21-14-9-7-6-8-13(14)17(24)25-4/h6-11H,5H2,1-4H3,(H,21,23)(H,19,20,22).